The largest absolute Gasteiger partial charge is 0.349 e. The number of halogens is 1. The molecule has 1 atom stereocenters. The van der Waals surface area contributed by atoms with Crippen LogP contribution in [0.5, 0.6) is 0 Å². The number of nitrogens with zero attached hydrogens (tertiary/aromatic N) is 1. The highest BCUT2D eigenvalue weighted by atomic mass is 35.5. The highest BCUT2D eigenvalue weighted by molar-refractivity contribution is 6.17. The third-order valence-corrected chi connectivity index (χ3v) is 2.81. The molecule has 18 heavy (non-hydrogen) atoms. The van der Waals surface area contributed by atoms with Crippen molar-refractivity contribution in [2.75, 3.05) is 5.88 Å². The fourth-order valence-corrected chi connectivity index (χ4v) is 1.96. The maximum atomic E-state index is 12.0. The van der Waals surface area contributed by atoms with Crippen LogP contribution in [0.3, 0.4) is 0 Å². The Morgan fingerprint density at radius 1 is 1.56 bits per heavy atom. The Bertz CT molecular complexity index is 463. The molecular weight excluding hydrogens is 256 g/mol. The summed E-state index contributed by atoms with van der Waals surface area (Å²) >= 11 is 5.58. The molecule has 0 heterocycles. The van der Waals surface area contributed by atoms with Gasteiger partial charge in [-0.2, -0.15) is 0 Å². The maximum absolute atomic E-state index is 12.0. The molecule has 1 N–H and O–H groups in total. The van der Waals surface area contributed by atoms with E-state index >= 15 is 0 Å². The molecule has 0 radical (unpaired) electrons. The zero-order valence-corrected chi connectivity index (χ0v) is 11.0. The third kappa shape index (κ3) is 3.43. The fourth-order valence-electron chi connectivity index (χ4n) is 1.63. The minimum atomic E-state index is -0.547. The number of nitro benzene ring substituents is 1. The van der Waals surface area contributed by atoms with Crippen molar-refractivity contribution in [2.45, 2.75) is 26.3 Å². The van der Waals surface area contributed by atoms with Gasteiger partial charge in [0.1, 0.15) is 5.56 Å². The second-order valence-electron chi connectivity index (χ2n) is 4.08. The van der Waals surface area contributed by atoms with Crippen molar-refractivity contribution < 1.29 is 9.72 Å². The van der Waals surface area contributed by atoms with Crippen molar-refractivity contribution in [1.82, 2.24) is 5.32 Å². The van der Waals surface area contributed by atoms with E-state index in [2.05, 4.69) is 5.32 Å². The molecule has 98 valence electrons. The Morgan fingerprint density at radius 2 is 2.22 bits per heavy atom. The number of hydrogen-bond donors (Lipinski definition) is 1. The van der Waals surface area contributed by atoms with Gasteiger partial charge in [0.2, 0.25) is 0 Å². The standard InChI is InChI=1S/C12H15ClN2O3/c1-8-4-3-5-10(15(17)18)11(8)12(16)14-9(2)6-7-13/h3-5,9H,6-7H2,1-2H3,(H,14,16). The van der Waals surface area contributed by atoms with Crippen molar-refractivity contribution in [1.29, 1.82) is 0 Å². The molecule has 0 aliphatic heterocycles. The summed E-state index contributed by atoms with van der Waals surface area (Å²) in [5.41, 5.74) is 0.522. The number of nitrogens with one attached hydrogen (secondary N) is 1. The summed E-state index contributed by atoms with van der Waals surface area (Å²) in [4.78, 5) is 22.4. The van der Waals surface area contributed by atoms with Crippen molar-refractivity contribution in [2.24, 2.45) is 0 Å². The summed E-state index contributed by atoms with van der Waals surface area (Å²) in [6, 6.07) is 4.45. The zero-order chi connectivity index (χ0) is 13.7. The van der Waals surface area contributed by atoms with Crippen molar-refractivity contribution in [3.05, 3.63) is 39.4 Å². The summed E-state index contributed by atoms with van der Waals surface area (Å²) in [5.74, 6) is -0.00506. The van der Waals surface area contributed by atoms with Crippen LogP contribution >= 0.6 is 11.6 Å². The van der Waals surface area contributed by atoms with Crippen LogP contribution in [0.4, 0.5) is 5.69 Å². The first kappa shape index (κ1) is 14.4. The first-order valence-electron chi connectivity index (χ1n) is 5.58. The van der Waals surface area contributed by atoms with E-state index in [1.807, 2.05) is 6.92 Å². The monoisotopic (exact) mass is 270 g/mol. The highest BCUT2D eigenvalue weighted by Crippen LogP contribution is 2.21. The molecule has 0 saturated carbocycles. The average Bonchev–Trinajstić information content (AvgIpc) is 2.28. The number of aryl methyl sites for hydroxylation is 1. The summed E-state index contributed by atoms with van der Waals surface area (Å²) < 4.78 is 0. The number of nitro groups is 1. The molecule has 0 aliphatic carbocycles. The molecule has 1 aromatic carbocycles. The highest BCUT2D eigenvalue weighted by Gasteiger charge is 2.22. The van der Waals surface area contributed by atoms with Crippen LogP contribution in [0.25, 0.3) is 0 Å². The van der Waals surface area contributed by atoms with Gasteiger partial charge in [-0.05, 0) is 25.8 Å². The summed E-state index contributed by atoms with van der Waals surface area (Å²) in [6.45, 7) is 3.48. The lowest BCUT2D eigenvalue weighted by atomic mass is 10.1. The lowest BCUT2D eigenvalue weighted by Crippen LogP contribution is -2.33. The van der Waals surface area contributed by atoms with Crippen LogP contribution in [0.2, 0.25) is 0 Å². The van der Waals surface area contributed by atoms with Crippen LogP contribution in [0.15, 0.2) is 18.2 Å². The molecule has 0 aromatic heterocycles. The Balaban J connectivity index is 3.01. The normalized spacial score (nSPS) is 11.9. The van der Waals surface area contributed by atoms with E-state index in [9.17, 15) is 14.9 Å². The Hall–Kier alpha value is -1.62. The zero-order valence-electron chi connectivity index (χ0n) is 10.3. The molecule has 0 aliphatic rings. The molecular formula is C12H15ClN2O3. The topological polar surface area (TPSA) is 72.2 Å². The van der Waals surface area contributed by atoms with Gasteiger partial charge in [0.15, 0.2) is 0 Å². The lowest BCUT2D eigenvalue weighted by molar-refractivity contribution is -0.385. The SMILES string of the molecule is Cc1cccc([N+](=O)[O-])c1C(=O)NC(C)CCCl. The number of hydrogen-bond acceptors (Lipinski definition) is 3. The number of benzene rings is 1. The molecule has 0 bridgehead atoms. The van der Waals surface area contributed by atoms with E-state index in [1.165, 1.54) is 6.07 Å². The van der Waals surface area contributed by atoms with Crippen LogP contribution in [0, 0.1) is 17.0 Å². The Kier molecular flexibility index (Phi) is 5.09. The molecule has 0 fully saturated rings. The predicted octanol–water partition coefficient (Wildman–Crippen LogP) is 2.65. The van der Waals surface area contributed by atoms with E-state index in [-0.39, 0.29) is 17.3 Å². The first-order valence-corrected chi connectivity index (χ1v) is 6.11. The van der Waals surface area contributed by atoms with Crippen molar-refractivity contribution in [3.8, 4) is 0 Å². The second-order valence-corrected chi connectivity index (χ2v) is 4.46. The quantitative estimate of drug-likeness (QED) is 0.508. The number of alkyl halides is 1. The van der Waals surface area contributed by atoms with Gasteiger partial charge in [-0.15, -0.1) is 11.6 Å². The van der Waals surface area contributed by atoms with E-state index in [0.717, 1.165) is 0 Å². The average molecular weight is 271 g/mol. The van der Waals surface area contributed by atoms with Gasteiger partial charge >= 0.3 is 0 Å². The molecule has 1 rings (SSSR count). The molecule has 0 saturated heterocycles. The van der Waals surface area contributed by atoms with Gasteiger partial charge in [0.25, 0.3) is 11.6 Å². The summed E-state index contributed by atoms with van der Waals surface area (Å²) in [7, 11) is 0. The molecule has 1 amide bonds. The molecule has 1 aromatic rings. The maximum Gasteiger partial charge on any atom is 0.282 e. The number of amides is 1. The van der Waals surface area contributed by atoms with Gasteiger partial charge in [-0.3, -0.25) is 14.9 Å². The molecule has 6 heteroatoms. The first-order chi connectivity index (χ1) is 8.47. The van der Waals surface area contributed by atoms with E-state index in [0.29, 0.717) is 17.9 Å². The van der Waals surface area contributed by atoms with Gasteiger partial charge in [-0.1, -0.05) is 12.1 Å². The van der Waals surface area contributed by atoms with Crippen LogP contribution in [0.1, 0.15) is 29.3 Å². The van der Waals surface area contributed by atoms with Crippen LogP contribution in [-0.4, -0.2) is 22.8 Å². The minimum Gasteiger partial charge on any atom is -0.349 e. The number of carbonyl (C=O) groups is 1. The van der Waals surface area contributed by atoms with E-state index in [4.69, 9.17) is 11.6 Å². The summed E-state index contributed by atoms with van der Waals surface area (Å²) in [5, 5.41) is 13.6. The Labute approximate surface area is 110 Å². The Morgan fingerprint density at radius 3 is 2.78 bits per heavy atom. The van der Waals surface area contributed by atoms with Gasteiger partial charge < -0.3 is 5.32 Å². The van der Waals surface area contributed by atoms with Gasteiger partial charge in [0.05, 0.1) is 4.92 Å². The van der Waals surface area contributed by atoms with Crippen molar-refractivity contribution >= 4 is 23.2 Å². The third-order valence-electron chi connectivity index (χ3n) is 2.59. The van der Waals surface area contributed by atoms with Crippen molar-refractivity contribution in [3.63, 3.8) is 0 Å². The molecule has 0 spiro atoms. The summed E-state index contributed by atoms with van der Waals surface area (Å²) in [6.07, 6.45) is 0.618. The fraction of sp³-hybridized carbons (Fsp3) is 0.417. The molecule has 1 unspecified atom stereocenters. The minimum absolute atomic E-state index is 0.115. The van der Waals surface area contributed by atoms with Gasteiger partial charge in [-0.25, -0.2) is 0 Å². The second kappa shape index (κ2) is 6.35. The smallest absolute Gasteiger partial charge is 0.282 e. The molecule has 5 nitrogen and oxygen atoms in total. The number of carbonyl (C=O) groups excluding carboxylic acids is 1. The van der Waals surface area contributed by atoms with Crippen LogP contribution in [-0.2, 0) is 0 Å². The van der Waals surface area contributed by atoms with Crippen LogP contribution < -0.4 is 5.32 Å². The van der Waals surface area contributed by atoms with Gasteiger partial charge in [0, 0.05) is 18.0 Å². The van der Waals surface area contributed by atoms with E-state index in [1.54, 1.807) is 19.1 Å². The van der Waals surface area contributed by atoms with E-state index < -0.39 is 10.8 Å². The predicted molar refractivity (Wildman–Crippen MR) is 70.1 cm³/mol. The number of rotatable bonds is 5. The lowest BCUT2D eigenvalue weighted by Gasteiger charge is -2.13.